The van der Waals surface area contributed by atoms with Crippen molar-refractivity contribution in [2.24, 2.45) is 0 Å². The highest BCUT2D eigenvalue weighted by Crippen LogP contribution is 2.16. The van der Waals surface area contributed by atoms with Gasteiger partial charge in [0, 0.05) is 4.47 Å². The predicted molar refractivity (Wildman–Crippen MR) is 65.6 cm³/mol. The molecular formula is C12H17BrFN. The number of aryl methyl sites for hydroxylation is 1. The number of rotatable bonds is 6. The van der Waals surface area contributed by atoms with Crippen molar-refractivity contribution in [1.82, 2.24) is 5.32 Å². The first-order valence-electron chi connectivity index (χ1n) is 5.38. The largest absolute Gasteiger partial charge is 0.317 e. The third kappa shape index (κ3) is 4.76. The second-order valence-corrected chi connectivity index (χ2v) is 4.50. The van der Waals surface area contributed by atoms with Crippen molar-refractivity contribution in [3.05, 3.63) is 34.1 Å². The Morgan fingerprint density at radius 1 is 1.33 bits per heavy atom. The minimum Gasteiger partial charge on any atom is -0.317 e. The number of benzene rings is 1. The zero-order valence-corrected chi connectivity index (χ0v) is 10.6. The molecule has 0 amide bonds. The first kappa shape index (κ1) is 12.7. The molecule has 15 heavy (non-hydrogen) atoms. The van der Waals surface area contributed by atoms with Crippen molar-refractivity contribution in [2.75, 3.05) is 13.1 Å². The summed E-state index contributed by atoms with van der Waals surface area (Å²) in [5.74, 6) is -0.103. The summed E-state index contributed by atoms with van der Waals surface area (Å²) in [7, 11) is 0. The van der Waals surface area contributed by atoms with Crippen molar-refractivity contribution >= 4 is 15.9 Å². The lowest BCUT2D eigenvalue weighted by atomic mass is 10.1. The molecule has 3 heteroatoms. The van der Waals surface area contributed by atoms with Gasteiger partial charge in [-0.2, -0.15) is 0 Å². The highest BCUT2D eigenvalue weighted by Gasteiger charge is 2.01. The van der Waals surface area contributed by atoms with Crippen LogP contribution in [0.5, 0.6) is 0 Å². The average molecular weight is 274 g/mol. The highest BCUT2D eigenvalue weighted by atomic mass is 79.9. The molecule has 1 nitrogen and oxygen atoms in total. The van der Waals surface area contributed by atoms with Gasteiger partial charge in [-0.1, -0.05) is 22.9 Å². The summed E-state index contributed by atoms with van der Waals surface area (Å²) in [6.07, 6.45) is 2.92. The normalized spacial score (nSPS) is 10.6. The Hall–Kier alpha value is -0.410. The van der Waals surface area contributed by atoms with Crippen LogP contribution in [0.4, 0.5) is 4.39 Å². The monoisotopic (exact) mass is 273 g/mol. The standard InChI is InChI=1S/C12H17BrFN/c1-2-7-15-8-3-4-10-9-11(13)5-6-12(10)14/h5-6,9,15H,2-4,7-8H2,1H3. The summed E-state index contributed by atoms with van der Waals surface area (Å²) in [6, 6.07) is 5.10. The number of halogens is 2. The molecule has 0 saturated heterocycles. The fourth-order valence-corrected chi connectivity index (χ4v) is 1.85. The summed E-state index contributed by atoms with van der Waals surface area (Å²) in [5.41, 5.74) is 0.794. The van der Waals surface area contributed by atoms with Gasteiger partial charge in [-0.05, 0) is 56.1 Å². The van der Waals surface area contributed by atoms with E-state index < -0.39 is 0 Å². The van der Waals surface area contributed by atoms with Gasteiger partial charge in [-0.3, -0.25) is 0 Å². The van der Waals surface area contributed by atoms with Gasteiger partial charge in [-0.25, -0.2) is 4.39 Å². The molecule has 0 unspecified atom stereocenters. The minimum absolute atomic E-state index is 0.103. The molecule has 0 aromatic heterocycles. The molecular weight excluding hydrogens is 257 g/mol. The van der Waals surface area contributed by atoms with Gasteiger partial charge in [0.05, 0.1) is 0 Å². The van der Waals surface area contributed by atoms with Crippen molar-refractivity contribution < 1.29 is 4.39 Å². The summed E-state index contributed by atoms with van der Waals surface area (Å²) in [4.78, 5) is 0. The number of nitrogens with one attached hydrogen (secondary N) is 1. The van der Waals surface area contributed by atoms with E-state index in [-0.39, 0.29) is 5.82 Å². The quantitative estimate of drug-likeness (QED) is 0.783. The minimum atomic E-state index is -0.103. The smallest absolute Gasteiger partial charge is 0.126 e. The third-order valence-electron chi connectivity index (χ3n) is 2.23. The van der Waals surface area contributed by atoms with Gasteiger partial charge in [0.25, 0.3) is 0 Å². The highest BCUT2D eigenvalue weighted by molar-refractivity contribution is 9.10. The molecule has 0 fully saturated rings. The Labute approximate surface area is 99.2 Å². The summed E-state index contributed by atoms with van der Waals surface area (Å²) in [6.45, 7) is 4.14. The van der Waals surface area contributed by atoms with Gasteiger partial charge in [0.2, 0.25) is 0 Å². The second kappa shape index (κ2) is 6.96. The molecule has 0 atom stereocenters. The Morgan fingerprint density at radius 3 is 2.87 bits per heavy atom. The van der Waals surface area contributed by atoms with E-state index in [0.717, 1.165) is 42.4 Å². The molecule has 0 aliphatic heterocycles. The van der Waals surface area contributed by atoms with Crippen LogP contribution >= 0.6 is 15.9 Å². The van der Waals surface area contributed by atoms with Crippen LogP contribution in [-0.2, 0) is 6.42 Å². The van der Waals surface area contributed by atoms with Crippen LogP contribution in [-0.4, -0.2) is 13.1 Å². The van der Waals surface area contributed by atoms with Crippen molar-refractivity contribution in [1.29, 1.82) is 0 Å². The Balaban J connectivity index is 2.33. The molecule has 1 aromatic carbocycles. The van der Waals surface area contributed by atoms with E-state index in [9.17, 15) is 4.39 Å². The van der Waals surface area contributed by atoms with Gasteiger partial charge in [0.1, 0.15) is 5.82 Å². The Morgan fingerprint density at radius 2 is 2.13 bits per heavy atom. The fraction of sp³-hybridized carbons (Fsp3) is 0.500. The Bertz CT molecular complexity index is 302. The van der Waals surface area contributed by atoms with E-state index in [4.69, 9.17) is 0 Å². The van der Waals surface area contributed by atoms with Gasteiger partial charge in [-0.15, -0.1) is 0 Å². The third-order valence-corrected chi connectivity index (χ3v) is 2.73. The van der Waals surface area contributed by atoms with Crippen LogP contribution in [0.15, 0.2) is 22.7 Å². The maximum absolute atomic E-state index is 13.3. The van der Waals surface area contributed by atoms with Crippen molar-refractivity contribution in [2.45, 2.75) is 26.2 Å². The molecule has 84 valence electrons. The van der Waals surface area contributed by atoms with Crippen molar-refractivity contribution in [3.8, 4) is 0 Å². The van der Waals surface area contributed by atoms with E-state index >= 15 is 0 Å². The lowest BCUT2D eigenvalue weighted by Crippen LogP contribution is -2.16. The van der Waals surface area contributed by atoms with E-state index in [1.807, 2.05) is 6.07 Å². The van der Waals surface area contributed by atoms with Gasteiger partial charge in [0.15, 0.2) is 0 Å². The van der Waals surface area contributed by atoms with Crippen LogP contribution in [0.25, 0.3) is 0 Å². The van der Waals surface area contributed by atoms with Gasteiger partial charge < -0.3 is 5.32 Å². The molecule has 0 aliphatic carbocycles. The fourth-order valence-electron chi connectivity index (χ4n) is 1.44. The van der Waals surface area contributed by atoms with E-state index in [1.54, 1.807) is 6.07 Å². The molecule has 1 rings (SSSR count). The molecule has 1 N–H and O–H groups in total. The maximum atomic E-state index is 13.3. The topological polar surface area (TPSA) is 12.0 Å². The van der Waals surface area contributed by atoms with Crippen LogP contribution < -0.4 is 5.32 Å². The molecule has 1 aromatic rings. The number of hydrogen-bond acceptors (Lipinski definition) is 1. The second-order valence-electron chi connectivity index (χ2n) is 3.59. The first-order valence-corrected chi connectivity index (χ1v) is 6.18. The Kier molecular flexibility index (Phi) is 5.88. The summed E-state index contributed by atoms with van der Waals surface area (Å²) < 4.78 is 14.2. The zero-order chi connectivity index (χ0) is 11.1. The number of hydrogen-bond donors (Lipinski definition) is 1. The SMILES string of the molecule is CCCNCCCc1cc(Br)ccc1F. The zero-order valence-electron chi connectivity index (χ0n) is 9.02. The summed E-state index contributed by atoms with van der Waals surface area (Å²) >= 11 is 3.35. The van der Waals surface area contributed by atoms with Crippen LogP contribution in [0, 0.1) is 5.82 Å². The molecule has 0 aliphatic rings. The predicted octanol–water partition coefficient (Wildman–Crippen LogP) is 3.52. The van der Waals surface area contributed by atoms with E-state index in [1.165, 1.54) is 6.07 Å². The van der Waals surface area contributed by atoms with Gasteiger partial charge >= 0.3 is 0 Å². The lowest BCUT2D eigenvalue weighted by molar-refractivity contribution is 0.591. The van der Waals surface area contributed by atoms with E-state index in [0.29, 0.717) is 0 Å². The maximum Gasteiger partial charge on any atom is 0.126 e. The molecule has 0 spiro atoms. The summed E-state index contributed by atoms with van der Waals surface area (Å²) in [5, 5.41) is 3.31. The molecule has 0 radical (unpaired) electrons. The average Bonchev–Trinajstić information content (AvgIpc) is 2.23. The van der Waals surface area contributed by atoms with Crippen LogP contribution in [0.1, 0.15) is 25.3 Å². The van der Waals surface area contributed by atoms with Crippen LogP contribution in [0.2, 0.25) is 0 Å². The first-order chi connectivity index (χ1) is 7.24. The molecule has 0 saturated carbocycles. The van der Waals surface area contributed by atoms with E-state index in [2.05, 4.69) is 28.2 Å². The van der Waals surface area contributed by atoms with Crippen molar-refractivity contribution in [3.63, 3.8) is 0 Å². The van der Waals surface area contributed by atoms with Crippen LogP contribution in [0.3, 0.4) is 0 Å². The molecule has 0 heterocycles. The molecule has 0 bridgehead atoms. The lowest BCUT2D eigenvalue weighted by Gasteiger charge is -2.05.